The number of primary amides is 1. The quantitative estimate of drug-likeness (QED) is 0.720. The van der Waals surface area contributed by atoms with Crippen LogP contribution in [-0.4, -0.2) is 15.9 Å². The highest BCUT2D eigenvalue weighted by molar-refractivity contribution is 6.29. The van der Waals surface area contributed by atoms with E-state index in [0.29, 0.717) is 16.6 Å². The lowest BCUT2D eigenvalue weighted by molar-refractivity contribution is 0.100. The first-order chi connectivity index (χ1) is 6.18. The molecule has 0 fully saturated rings. The number of nitrogens with two attached hydrogens (primary N) is 1. The number of amides is 1. The lowest BCUT2D eigenvalue weighted by Gasteiger charge is -1.94. The van der Waals surface area contributed by atoms with Gasteiger partial charge in [0.2, 0.25) is 5.28 Å². The van der Waals surface area contributed by atoms with Gasteiger partial charge in [0.15, 0.2) is 0 Å². The van der Waals surface area contributed by atoms with Crippen molar-refractivity contribution in [2.45, 2.75) is 0 Å². The molecule has 2 aromatic rings. The number of fused-ring (bicyclic) bond motifs is 1. The van der Waals surface area contributed by atoms with Crippen LogP contribution in [0.2, 0.25) is 5.28 Å². The summed E-state index contributed by atoms with van der Waals surface area (Å²) in [5.41, 5.74) is 6.75. The molecule has 13 heavy (non-hydrogen) atoms. The molecule has 1 aromatic heterocycles. The number of H-pyrrole nitrogens is 1. The Morgan fingerprint density at radius 1 is 1.54 bits per heavy atom. The van der Waals surface area contributed by atoms with Gasteiger partial charge in [-0.2, -0.15) is 0 Å². The van der Waals surface area contributed by atoms with Crippen LogP contribution in [0.15, 0.2) is 18.2 Å². The van der Waals surface area contributed by atoms with E-state index in [4.69, 9.17) is 17.3 Å². The van der Waals surface area contributed by atoms with Gasteiger partial charge in [-0.1, -0.05) is 6.07 Å². The first kappa shape index (κ1) is 8.07. The molecule has 1 heterocycles. The number of nitrogens with zero attached hydrogens (tertiary/aromatic N) is 1. The number of nitrogens with one attached hydrogen (secondary N) is 1. The Kier molecular flexibility index (Phi) is 1.70. The number of imidazole rings is 1. The molecule has 0 aliphatic carbocycles. The van der Waals surface area contributed by atoms with Crippen molar-refractivity contribution < 1.29 is 4.79 Å². The molecule has 2 rings (SSSR count). The third-order valence-corrected chi connectivity index (χ3v) is 1.93. The second-order valence-corrected chi connectivity index (χ2v) is 2.95. The van der Waals surface area contributed by atoms with E-state index in [1.807, 2.05) is 0 Å². The zero-order valence-electron chi connectivity index (χ0n) is 6.54. The van der Waals surface area contributed by atoms with Gasteiger partial charge in [-0.3, -0.25) is 4.79 Å². The molecular weight excluding hydrogens is 190 g/mol. The van der Waals surface area contributed by atoms with Crippen LogP contribution in [0.4, 0.5) is 0 Å². The highest BCUT2D eigenvalue weighted by atomic mass is 35.5. The van der Waals surface area contributed by atoms with E-state index in [2.05, 4.69) is 9.97 Å². The predicted octanol–water partition coefficient (Wildman–Crippen LogP) is 1.32. The minimum absolute atomic E-state index is 0.253. The molecule has 0 aliphatic rings. The fraction of sp³-hybridized carbons (Fsp3) is 0. The summed E-state index contributed by atoms with van der Waals surface area (Å²) in [7, 11) is 0. The summed E-state index contributed by atoms with van der Waals surface area (Å²) in [4.78, 5) is 17.7. The number of para-hydroxylation sites is 1. The summed E-state index contributed by atoms with van der Waals surface area (Å²) in [5, 5.41) is 0.253. The zero-order valence-corrected chi connectivity index (χ0v) is 7.30. The number of hydrogen-bond donors (Lipinski definition) is 2. The fourth-order valence-electron chi connectivity index (χ4n) is 1.20. The van der Waals surface area contributed by atoms with E-state index in [0.717, 1.165) is 0 Å². The number of carbonyl (C=O) groups excluding carboxylic acids is 1. The van der Waals surface area contributed by atoms with Gasteiger partial charge in [-0.15, -0.1) is 0 Å². The normalized spacial score (nSPS) is 10.5. The van der Waals surface area contributed by atoms with Crippen LogP contribution in [0.25, 0.3) is 11.0 Å². The van der Waals surface area contributed by atoms with Gasteiger partial charge in [0, 0.05) is 0 Å². The molecular formula is C8H6ClN3O. The average Bonchev–Trinajstić information content (AvgIpc) is 2.43. The Morgan fingerprint density at radius 3 is 3.00 bits per heavy atom. The first-order valence-electron chi connectivity index (χ1n) is 3.62. The number of carbonyl (C=O) groups is 1. The molecule has 66 valence electrons. The third kappa shape index (κ3) is 1.25. The smallest absolute Gasteiger partial charge is 0.250 e. The maximum atomic E-state index is 10.9. The van der Waals surface area contributed by atoms with Crippen molar-refractivity contribution in [2.75, 3.05) is 0 Å². The number of hydrogen-bond acceptors (Lipinski definition) is 2. The highest BCUT2D eigenvalue weighted by Crippen LogP contribution is 2.17. The maximum absolute atomic E-state index is 10.9. The van der Waals surface area contributed by atoms with Crippen molar-refractivity contribution in [2.24, 2.45) is 5.73 Å². The summed E-state index contributed by atoms with van der Waals surface area (Å²) in [5.74, 6) is -0.506. The summed E-state index contributed by atoms with van der Waals surface area (Å²) in [6, 6.07) is 5.11. The van der Waals surface area contributed by atoms with Gasteiger partial charge in [0.1, 0.15) is 5.52 Å². The molecule has 0 aliphatic heterocycles. The maximum Gasteiger partial charge on any atom is 0.250 e. The summed E-state index contributed by atoms with van der Waals surface area (Å²) >= 11 is 5.64. The molecule has 0 radical (unpaired) electrons. The molecule has 3 N–H and O–H groups in total. The standard InChI is InChI=1S/C8H6ClN3O/c9-8-11-5-3-1-2-4(7(10)13)6(5)12-8/h1-3H,(H2,10,13)(H,11,12). The van der Waals surface area contributed by atoms with Crippen LogP contribution in [0.3, 0.4) is 0 Å². The molecule has 0 bridgehead atoms. The van der Waals surface area contributed by atoms with Gasteiger partial charge in [-0.25, -0.2) is 4.98 Å². The molecule has 1 aromatic carbocycles. The number of aromatic amines is 1. The van der Waals surface area contributed by atoms with Crippen molar-refractivity contribution in [1.82, 2.24) is 9.97 Å². The van der Waals surface area contributed by atoms with Crippen LogP contribution < -0.4 is 5.73 Å². The Hall–Kier alpha value is -1.55. The van der Waals surface area contributed by atoms with Gasteiger partial charge < -0.3 is 10.7 Å². The minimum atomic E-state index is -0.506. The second-order valence-electron chi connectivity index (χ2n) is 2.59. The minimum Gasteiger partial charge on any atom is -0.366 e. The first-order valence-corrected chi connectivity index (χ1v) is 4.00. The second kappa shape index (κ2) is 2.74. The van der Waals surface area contributed by atoms with Gasteiger partial charge in [0.25, 0.3) is 5.91 Å². The van der Waals surface area contributed by atoms with Crippen LogP contribution in [0.5, 0.6) is 0 Å². The Balaban J connectivity index is 2.82. The van der Waals surface area contributed by atoms with E-state index in [1.54, 1.807) is 18.2 Å². The molecule has 0 saturated carbocycles. The van der Waals surface area contributed by atoms with Gasteiger partial charge in [0.05, 0.1) is 11.1 Å². The lowest BCUT2D eigenvalue weighted by Crippen LogP contribution is -2.11. The number of aromatic nitrogens is 2. The SMILES string of the molecule is NC(=O)c1cccc2[nH]c(Cl)nc12. The summed E-state index contributed by atoms with van der Waals surface area (Å²) in [6.45, 7) is 0. The molecule has 5 heteroatoms. The van der Waals surface area contributed by atoms with E-state index in [-0.39, 0.29) is 5.28 Å². The molecule has 1 amide bonds. The molecule has 0 saturated heterocycles. The highest BCUT2D eigenvalue weighted by Gasteiger charge is 2.09. The molecule has 4 nitrogen and oxygen atoms in total. The van der Waals surface area contributed by atoms with Crippen molar-refractivity contribution in [3.8, 4) is 0 Å². The van der Waals surface area contributed by atoms with Crippen LogP contribution in [0, 0.1) is 0 Å². The monoisotopic (exact) mass is 195 g/mol. The largest absolute Gasteiger partial charge is 0.366 e. The predicted molar refractivity (Wildman–Crippen MR) is 49.6 cm³/mol. The van der Waals surface area contributed by atoms with Crippen molar-refractivity contribution >= 4 is 28.5 Å². The molecule has 0 atom stereocenters. The Labute approximate surface area is 78.7 Å². The fourth-order valence-corrected chi connectivity index (χ4v) is 1.39. The lowest BCUT2D eigenvalue weighted by atomic mass is 10.2. The van der Waals surface area contributed by atoms with Crippen LogP contribution in [-0.2, 0) is 0 Å². The Morgan fingerprint density at radius 2 is 2.31 bits per heavy atom. The zero-order chi connectivity index (χ0) is 9.42. The van der Waals surface area contributed by atoms with Crippen LogP contribution >= 0.6 is 11.6 Å². The van der Waals surface area contributed by atoms with Crippen molar-refractivity contribution in [3.05, 3.63) is 29.0 Å². The molecule has 0 spiro atoms. The summed E-state index contributed by atoms with van der Waals surface area (Å²) < 4.78 is 0. The average molecular weight is 196 g/mol. The topological polar surface area (TPSA) is 71.8 Å². The van der Waals surface area contributed by atoms with Gasteiger partial charge >= 0.3 is 0 Å². The van der Waals surface area contributed by atoms with E-state index >= 15 is 0 Å². The van der Waals surface area contributed by atoms with Crippen molar-refractivity contribution in [3.63, 3.8) is 0 Å². The number of benzene rings is 1. The number of rotatable bonds is 1. The van der Waals surface area contributed by atoms with E-state index in [1.165, 1.54) is 0 Å². The summed E-state index contributed by atoms with van der Waals surface area (Å²) in [6.07, 6.45) is 0. The van der Waals surface area contributed by atoms with Crippen LogP contribution in [0.1, 0.15) is 10.4 Å². The van der Waals surface area contributed by atoms with Crippen molar-refractivity contribution in [1.29, 1.82) is 0 Å². The molecule has 0 unspecified atom stereocenters. The van der Waals surface area contributed by atoms with Gasteiger partial charge in [-0.05, 0) is 23.7 Å². The Bertz CT molecular complexity index is 477. The number of halogens is 1. The van der Waals surface area contributed by atoms with E-state index in [9.17, 15) is 4.79 Å². The van der Waals surface area contributed by atoms with E-state index < -0.39 is 5.91 Å². The third-order valence-electron chi connectivity index (χ3n) is 1.75.